The van der Waals surface area contributed by atoms with Crippen LogP contribution in [-0.4, -0.2) is 15.5 Å². The van der Waals surface area contributed by atoms with E-state index in [9.17, 15) is 8.42 Å². The molecule has 1 heterocycles. The third-order valence-electron chi connectivity index (χ3n) is 3.00. The average Bonchev–Trinajstić information content (AvgIpc) is 2.75. The minimum atomic E-state index is -3.66. The van der Waals surface area contributed by atoms with Gasteiger partial charge in [-0.05, 0) is 44.7 Å². The summed E-state index contributed by atoms with van der Waals surface area (Å²) >= 11 is 3.35. The van der Waals surface area contributed by atoms with E-state index in [1.165, 1.54) is 0 Å². The van der Waals surface area contributed by atoms with Crippen LogP contribution in [0.1, 0.15) is 17.1 Å². The van der Waals surface area contributed by atoms with Crippen LogP contribution in [0.3, 0.4) is 0 Å². The summed E-state index contributed by atoms with van der Waals surface area (Å²) in [6.07, 6.45) is 0. The minimum absolute atomic E-state index is 0.162. The first-order valence-corrected chi connectivity index (χ1v) is 8.64. The van der Waals surface area contributed by atoms with Crippen molar-refractivity contribution in [3.8, 4) is 0 Å². The summed E-state index contributed by atoms with van der Waals surface area (Å²) in [5, 5.41) is 2.93. The van der Waals surface area contributed by atoms with Crippen molar-refractivity contribution in [3.63, 3.8) is 0 Å². The lowest BCUT2D eigenvalue weighted by Crippen LogP contribution is -2.14. The van der Waals surface area contributed by atoms with E-state index in [4.69, 9.17) is 4.42 Å². The molecule has 2 aromatic rings. The monoisotopic (exact) mass is 372 g/mol. The lowest BCUT2D eigenvalue weighted by atomic mass is 10.2. The third kappa shape index (κ3) is 3.66. The summed E-state index contributed by atoms with van der Waals surface area (Å²) in [5.41, 5.74) is 1.39. The Balaban J connectivity index is 2.34. The predicted molar refractivity (Wildman–Crippen MR) is 85.9 cm³/mol. The Labute approximate surface area is 132 Å². The van der Waals surface area contributed by atoms with Crippen molar-refractivity contribution in [1.29, 1.82) is 0 Å². The predicted octanol–water partition coefficient (Wildman–Crippen LogP) is 3.18. The molecule has 2 N–H and O–H groups in total. The number of nitrogens with one attached hydrogen (secondary N) is 2. The van der Waals surface area contributed by atoms with Gasteiger partial charge in [0, 0.05) is 10.5 Å². The number of sulfonamides is 1. The molecule has 0 aliphatic rings. The Morgan fingerprint density at radius 2 is 1.95 bits per heavy atom. The summed E-state index contributed by atoms with van der Waals surface area (Å²) in [6, 6.07) is 6.91. The lowest BCUT2D eigenvalue weighted by molar-refractivity contribution is 0.466. The Hall–Kier alpha value is -1.31. The molecule has 21 heavy (non-hydrogen) atoms. The molecule has 0 atom stereocenters. The van der Waals surface area contributed by atoms with Crippen LogP contribution in [0, 0.1) is 13.8 Å². The molecular weight excluding hydrogens is 356 g/mol. The van der Waals surface area contributed by atoms with Crippen molar-refractivity contribution in [2.24, 2.45) is 0 Å². The Bertz CT molecular complexity index is 754. The van der Waals surface area contributed by atoms with Crippen molar-refractivity contribution >= 4 is 31.6 Å². The zero-order valence-electron chi connectivity index (χ0n) is 12.0. The van der Waals surface area contributed by atoms with Gasteiger partial charge in [-0.2, -0.15) is 0 Å². The quantitative estimate of drug-likeness (QED) is 0.845. The maximum absolute atomic E-state index is 12.5. The van der Waals surface area contributed by atoms with Crippen LogP contribution in [0.5, 0.6) is 0 Å². The molecule has 1 aromatic carbocycles. The molecule has 0 saturated carbocycles. The van der Waals surface area contributed by atoms with E-state index in [2.05, 4.69) is 26.0 Å². The summed E-state index contributed by atoms with van der Waals surface area (Å²) in [7, 11) is -1.89. The highest BCUT2D eigenvalue weighted by Crippen LogP contribution is 2.26. The second kappa shape index (κ2) is 6.21. The highest BCUT2D eigenvalue weighted by atomic mass is 79.9. The molecule has 0 aliphatic heterocycles. The van der Waals surface area contributed by atoms with E-state index in [0.29, 0.717) is 23.8 Å². The molecule has 0 radical (unpaired) electrons. The molecule has 7 heteroatoms. The molecule has 0 spiro atoms. The van der Waals surface area contributed by atoms with Gasteiger partial charge in [0.15, 0.2) is 0 Å². The summed E-state index contributed by atoms with van der Waals surface area (Å²) in [6.45, 7) is 3.97. The molecule has 0 bridgehead atoms. The number of rotatable bonds is 5. The normalized spacial score (nSPS) is 11.6. The van der Waals surface area contributed by atoms with E-state index in [1.54, 1.807) is 32.2 Å². The van der Waals surface area contributed by atoms with Gasteiger partial charge in [-0.15, -0.1) is 0 Å². The van der Waals surface area contributed by atoms with Gasteiger partial charge in [0.25, 0.3) is 10.0 Å². The molecule has 1 aromatic heterocycles. The van der Waals surface area contributed by atoms with Crippen LogP contribution >= 0.6 is 15.9 Å². The zero-order valence-corrected chi connectivity index (χ0v) is 14.4. The van der Waals surface area contributed by atoms with E-state index in [0.717, 1.165) is 10.0 Å². The maximum atomic E-state index is 12.5. The van der Waals surface area contributed by atoms with Gasteiger partial charge in [-0.3, -0.25) is 4.72 Å². The SMILES string of the molecule is CNCc1cc(S(=O)(=O)Nc2ccc(Br)cc2C)c(C)o1. The highest BCUT2D eigenvalue weighted by Gasteiger charge is 2.22. The van der Waals surface area contributed by atoms with Gasteiger partial charge in [-0.1, -0.05) is 15.9 Å². The van der Waals surface area contributed by atoms with Crippen LogP contribution < -0.4 is 10.0 Å². The molecule has 0 amide bonds. The second-order valence-electron chi connectivity index (χ2n) is 4.73. The van der Waals surface area contributed by atoms with Gasteiger partial charge < -0.3 is 9.73 Å². The topological polar surface area (TPSA) is 71.3 Å². The minimum Gasteiger partial charge on any atom is -0.464 e. The zero-order chi connectivity index (χ0) is 15.6. The van der Waals surface area contributed by atoms with Crippen LogP contribution in [0.25, 0.3) is 0 Å². The summed E-state index contributed by atoms with van der Waals surface area (Å²) in [5.74, 6) is 0.963. The van der Waals surface area contributed by atoms with Crippen LogP contribution in [-0.2, 0) is 16.6 Å². The number of hydrogen-bond acceptors (Lipinski definition) is 4. The molecule has 0 aliphatic carbocycles. The number of anilines is 1. The largest absolute Gasteiger partial charge is 0.464 e. The number of aryl methyl sites for hydroxylation is 2. The fourth-order valence-corrected chi connectivity index (χ4v) is 3.80. The highest BCUT2D eigenvalue weighted by molar-refractivity contribution is 9.10. The third-order valence-corrected chi connectivity index (χ3v) is 4.96. The van der Waals surface area contributed by atoms with Crippen molar-refractivity contribution < 1.29 is 12.8 Å². The molecule has 0 unspecified atom stereocenters. The Morgan fingerprint density at radius 1 is 1.24 bits per heavy atom. The van der Waals surface area contributed by atoms with Gasteiger partial charge >= 0.3 is 0 Å². The number of benzene rings is 1. The molecule has 2 rings (SSSR count). The molecule has 0 saturated heterocycles. The summed E-state index contributed by atoms with van der Waals surface area (Å²) in [4.78, 5) is 0.162. The number of furan rings is 1. The van der Waals surface area contributed by atoms with Gasteiger partial charge in [0.05, 0.1) is 12.2 Å². The second-order valence-corrected chi connectivity index (χ2v) is 7.29. The van der Waals surface area contributed by atoms with Crippen LogP contribution in [0.2, 0.25) is 0 Å². The van der Waals surface area contributed by atoms with Crippen molar-refractivity contribution in [2.75, 3.05) is 11.8 Å². The molecule has 0 fully saturated rings. The number of halogens is 1. The van der Waals surface area contributed by atoms with E-state index in [1.807, 2.05) is 13.0 Å². The van der Waals surface area contributed by atoms with E-state index in [-0.39, 0.29) is 4.90 Å². The molecular formula is C14H17BrN2O3S. The van der Waals surface area contributed by atoms with Crippen molar-refractivity contribution in [3.05, 3.63) is 45.8 Å². The van der Waals surface area contributed by atoms with E-state index < -0.39 is 10.0 Å². The first kappa shape index (κ1) is 16.1. The van der Waals surface area contributed by atoms with Crippen molar-refractivity contribution in [1.82, 2.24) is 5.32 Å². The van der Waals surface area contributed by atoms with Crippen LogP contribution in [0.4, 0.5) is 5.69 Å². The van der Waals surface area contributed by atoms with Gasteiger partial charge in [0.1, 0.15) is 16.4 Å². The summed E-state index contributed by atoms with van der Waals surface area (Å²) < 4.78 is 33.9. The first-order valence-electron chi connectivity index (χ1n) is 6.36. The van der Waals surface area contributed by atoms with Gasteiger partial charge in [-0.25, -0.2) is 8.42 Å². The fourth-order valence-electron chi connectivity index (χ4n) is 1.99. The molecule has 114 valence electrons. The standard InChI is InChI=1S/C14H17BrN2O3S/c1-9-6-11(15)4-5-13(9)17-21(18,19)14-7-12(8-16-3)20-10(14)2/h4-7,16-17H,8H2,1-3H3. The smallest absolute Gasteiger partial charge is 0.265 e. The number of hydrogen-bond donors (Lipinski definition) is 2. The average molecular weight is 373 g/mol. The molecule has 5 nitrogen and oxygen atoms in total. The fraction of sp³-hybridized carbons (Fsp3) is 0.286. The van der Waals surface area contributed by atoms with E-state index >= 15 is 0 Å². The van der Waals surface area contributed by atoms with Crippen LogP contribution in [0.15, 0.2) is 38.1 Å². The van der Waals surface area contributed by atoms with Crippen molar-refractivity contribution in [2.45, 2.75) is 25.3 Å². The first-order chi connectivity index (χ1) is 9.83. The lowest BCUT2D eigenvalue weighted by Gasteiger charge is -2.10. The maximum Gasteiger partial charge on any atom is 0.265 e. The van der Waals surface area contributed by atoms with Gasteiger partial charge in [0.2, 0.25) is 0 Å². The Kier molecular flexibility index (Phi) is 4.75. The Morgan fingerprint density at radius 3 is 2.57 bits per heavy atom.